The Morgan fingerprint density at radius 1 is 1.22 bits per heavy atom. The molecule has 0 saturated carbocycles. The molecule has 122 valence electrons. The highest BCUT2D eigenvalue weighted by Gasteiger charge is 2.17. The molecule has 0 aliphatic heterocycles. The van der Waals surface area contributed by atoms with Gasteiger partial charge in [0, 0.05) is 11.4 Å². The lowest BCUT2D eigenvalue weighted by molar-refractivity contribution is -0.125. The van der Waals surface area contributed by atoms with E-state index in [0.717, 1.165) is 12.8 Å². The van der Waals surface area contributed by atoms with E-state index in [2.05, 4.69) is 15.5 Å². The maximum atomic E-state index is 12.1. The molecule has 0 fully saturated rings. The van der Waals surface area contributed by atoms with Crippen molar-refractivity contribution >= 4 is 22.6 Å². The van der Waals surface area contributed by atoms with Crippen LogP contribution in [-0.2, 0) is 9.53 Å². The van der Waals surface area contributed by atoms with Crippen molar-refractivity contribution < 1.29 is 14.3 Å². The van der Waals surface area contributed by atoms with Gasteiger partial charge < -0.3 is 10.1 Å². The first kappa shape index (κ1) is 16.7. The second-order valence-electron chi connectivity index (χ2n) is 5.10. The molecule has 0 atom stereocenters. The van der Waals surface area contributed by atoms with E-state index in [4.69, 9.17) is 4.74 Å². The second-order valence-corrected chi connectivity index (χ2v) is 5.10. The first-order chi connectivity index (χ1) is 11.1. The average Bonchev–Trinajstić information content (AvgIpc) is 2.58. The number of nitrogens with zero attached hydrogens (tertiary/aromatic N) is 1. The number of esters is 1. The molecule has 0 unspecified atom stereocenters. The molecule has 0 radical (unpaired) electrons. The molecule has 0 bridgehead atoms. The van der Waals surface area contributed by atoms with Crippen LogP contribution in [0.15, 0.2) is 29.1 Å². The Hall–Kier alpha value is -2.70. The van der Waals surface area contributed by atoms with Crippen LogP contribution in [0.5, 0.6) is 0 Å². The number of H-pyrrole nitrogens is 1. The third-order valence-electron chi connectivity index (χ3n) is 3.57. The molecule has 1 aromatic heterocycles. The molecule has 1 aromatic carbocycles. The summed E-state index contributed by atoms with van der Waals surface area (Å²) in [4.78, 5) is 35.5. The number of amides is 1. The number of hydrogen-bond acceptors (Lipinski definition) is 5. The van der Waals surface area contributed by atoms with Gasteiger partial charge in [0.15, 0.2) is 12.3 Å². The van der Waals surface area contributed by atoms with Crippen LogP contribution < -0.4 is 10.9 Å². The summed E-state index contributed by atoms with van der Waals surface area (Å²) in [5, 5.41) is 9.50. The fraction of sp³-hybridized carbons (Fsp3) is 0.375. The molecule has 2 N–H and O–H groups in total. The standard InChI is InChI=1S/C16H19N3O4/c1-3-10(4-2)17-13(20)9-23-16(22)14-11-7-5-6-8-12(11)15(21)19-18-14/h5-8,10H,3-4,9H2,1-2H3,(H,17,20)(H,19,21). The highest BCUT2D eigenvalue weighted by atomic mass is 16.5. The Morgan fingerprint density at radius 3 is 2.52 bits per heavy atom. The maximum absolute atomic E-state index is 12.1. The van der Waals surface area contributed by atoms with Crippen LogP contribution in [-0.4, -0.2) is 34.7 Å². The van der Waals surface area contributed by atoms with E-state index >= 15 is 0 Å². The van der Waals surface area contributed by atoms with Crippen LogP contribution in [0.4, 0.5) is 0 Å². The number of fused-ring (bicyclic) bond motifs is 1. The lowest BCUT2D eigenvalue weighted by atomic mass is 10.1. The summed E-state index contributed by atoms with van der Waals surface area (Å²) in [7, 11) is 0. The average molecular weight is 317 g/mol. The molecule has 0 aliphatic rings. The van der Waals surface area contributed by atoms with Crippen molar-refractivity contribution in [2.24, 2.45) is 0 Å². The van der Waals surface area contributed by atoms with Crippen molar-refractivity contribution in [2.45, 2.75) is 32.7 Å². The minimum atomic E-state index is -0.753. The monoisotopic (exact) mass is 317 g/mol. The van der Waals surface area contributed by atoms with Gasteiger partial charge in [-0.1, -0.05) is 32.0 Å². The minimum absolute atomic E-state index is 0.0180. The van der Waals surface area contributed by atoms with Crippen LogP contribution in [0.3, 0.4) is 0 Å². The van der Waals surface area contributed by atoms with Crippen LogP contribution in [0.2, 0.25) is 0 Å². The van der Waals surface area contributed by atoms with Crippen molar-refractivity contribution in [3.63, 3.8) is 0 Å². The molecule has 0 aliphatic carbocycles. The number of nitrogens with one attached hydrogen (secondary N) is 2. The van der Waals surface area contributed by atoms with Gasteiger partial charge in [0.05, 0.1) is 5.39 Å². The van der Waals surface area contributed by atoms with Gasteiger partial charge in [-0.2, -0.15) is 5.10 Å². The zero-order chi connectivity index (χ0) is 16.8. The molecule has 1 amide bonds. The van der Waals surface area contributed by atoms with Crippen LogP contribution in [0, 0.1) is 0 Å². The fourth-order valence-corrected chi connectivity index (χ4v) is 2.23. The Kier molecular flexibility index (Phi) is 5.46. The topological polar surface area (TPSA) is 101 Å². The van der Waals surface area contributed by atoms with Gasteiger partial charge in [0.1, 0.15) is 0 Å². The largest absolute Gasteiger partial charge is 0.451 e. The molecule has 7 heteroatoms. The number of carbonyl (C=O) groups is 2. The number of aromatic nitrogens is 2. The third kappa shape index (κ3) is 3.94. The predicted molar refractivity (Wildman–Crippen MR) is 85.2 cm³/mol. The summed E-state index contributed by atoms with van der Waals surface area (Å²) in [6.45, 7) is 3.55. The summed E-state index contributed by atoms with van der Waals surface area (Å²) >= 11 is 0. The SMILES string of the molecule is CCC(CC)NC(=O)COC(=O)c1n[nH]c(=O)c2ccccc12. The highest BCUT2D eigenvalue weighted by Crippen LogP contribution is 2.13. The quantitative estimate of drug-likeness (QED) is 0.784. The van der Waals surface area contributed by atoms with Crippen molar-refractivity contribution in [3.05, 3.63) is 40.3 Å². The third-order valence-corrected chi connectivity index (χ3v) is 3.57. The summed E-state index contributed by atoms with van der Waals surface area (Å²) in [5.41, 5.74) is -0.404. The zero-order valence-electron chi connectivity index (χ0n) is 13.1. The summed E-state index contributed by atoms with van der Waals surface area (Å²) < 4.78 is 4.99. The predicted octanol–water partition coefficient (Wildman–Crippen LogP) is 1.38. The number of rotatable bonds is 6. The zero-order valence-corrected chi connectivity index (χ0v) is 13.1. The Balaban J connectivity index is 2.09. The number of hydrogen-bond donors (Lipinski definition) is 2. The lowest BCUT2D eigenvalue weighted by Crippen LogP contribution is -2.37. The van der Waals surface area contributed by atoms with Gasteiger partial charge in [-0.15, -0.1) is 0 Å². The number of ether oxygens (including phenoxy) is 1. The smallest absolute Gasteiger partial charge is 0.359 e. The van der Waals surface area contributed by atoms with Gasteiger partial charge in [-0.25, -0.2) is 9.89 Å². The number of carbonyl (C=O) groups excluding carboxylic acids is 2. The van der Waals surface area contributed by atoms with E-state index in [1.807, 2.05) is 13.8 Å². The number of benzene rings is 1. The van der Waals surface area contributed by atoms with Crippen LogP contribution in [0.1, 0.15) is 37.2 Å². The normalized spacial score (nSPS) is 10.7. The van der Waals surface area contributed by atoms with Crippen molar-refractivity contribution in [3.8, 4) is 0 Å². The van der Waals surface area contributed by atoms with Crippen molar-refractivity contribution in [1.82, 2.24) is 15.5 Å². The van der Waals surface area contributed by atoms with E-state index < -0.39 is 5.97 Å². The Bertz CT molecular complexity index is 765. The summed E-state index contributed by atoms with van der Waals surface area (Å²) in [6, 6.07) is 6.65. The van der Waals surface area contributed by atoms with E-state index in [-0.39, 0.29) is 29.8 Å². The molecular formula is C16H19N3O4. The molecule has 23 heavy (non-hydrogen) atoms. The van der Waals surface area contributed by atoms with Crippen molar-refractivity contribution in [2.75, 3.05) is 6.61 Å². The van der Waals surface area contributed by atoms with Gasteiger partial charge in [0.25, 0.3) is 11.5 Å². The van der Waals surface area contributed by atoms with Gasteiger partial charge in [0.2, 0.25) is 0 Å². The van der Waals surface area contributed by atoms with Gasteiger partial charge in [-0.3, -0.25) is 9.59 Å². The van der Waals surface area contributed by atoms with Crippen LogP contribution in [0.25, 0.3) is 10.8 Å². The fourth-order valence-electron chi connectivity index (χ4n) is 2.23. The molecule has 2 rings (SSSR count). The number of aromatic amines is 1. The van der Waals surface area contributed by atoms with E-state index in [0.29, 0.717) is 10.8 Å². The highest BCUT2D eigenvalue weighted by molar-refractivity contribution is 6.02. The maximum Gasteiger partial charge on any atom is 0.359 e. The van der Waals surface area contributed by atoms with Gasteiger partial charge in [-0.05, 0) is 18.9 Å². The summed E-state index contributed by atoms with van der Waals surface area (Å²) in [5.74, 6) is -1.11. The molecular weight excluding hydrogens is 298 g/mol. The Labute approximate surface area is 133 Å². The van der Waals surface area contributed by atoms with E-state index in [9.17, 15) is 14.4 Å². The lowest BCUT2D eigenvalue weighted by Gasteiger charge is -2.14. The van der Waals surface area contributed by atoms with E-state index in [1.165, 1.54) is 0 Å². The summed E-state index contributed by atoms with van der Waals surface area (Å²) in [6.07, 6.45) is 1.62. The molecule has 7 nitrogen and oxygen atoms in total. The minimum Gasteiger partial charge on any atom is -0.451 e. The molecule has 1 heterocycles. The first-order valence-electron chi connectivity index (χ1n) is 7.50. The Morgan fingerprint density at radius 2 is 1.87 bits per heavy atom. The van der Waals surface area contributed by atoms with E-state index in [1.54, 1.807) is 24.3 Å². The van der Waals surface area contributed by atoms with Crippen molar-refractivity contribution in [1.29, 1.82) is 0 Å². The molecule has 2 aromatic rings. The first-order valence-corrected chi connectivity index (χ1v) is 7.50. The molecule has 0 spiro atoms. The second kappa shape index (κ2) is 7.53. The molecule has 0 saturated heterocycles. The van der Waals surface area contributed by atoms with Crippen LogP contribution >= 0.6 is 0 Å². The van der Waals surface area contributed by atoms with Gasteiger partial charge >= 0.3 is 5.97 Å².